The van der Waals surface area contributed by atoms with Gasteiger partial charge in [0, 0.05) is 20.1 Å². The summed E-state index contributed by atoms with van der Waals surface area (Å²) in [5.74, 6) is -2.77. The molecule has 0 amide bonds. The molecule has 1 aromatic carbocycles. The first-order chi connectivity index (χ1) is 8.14. The molecule has 0 unspecified atom stereocenters. The number of rotatable bonds is 8. The third-order valence-electron chi connectivity index (χ3n) is 2.32. The monoisotopic (exact) mass is 244 g/mol. The van der Waals surface area contributed by atoms with E-state index in [1.807, 2.05) is 30.3 Å². The Morgan fingerprint density at radius 2 is 1.88 bits per heavy atom. The van der Waals surface area contributed by atoms with E-state index in [-0.39, 0.29) is 13.0 Å². The van der Waals surface area contributed by atoms with Crippen molar-refractivity contribution in [2.45, 2.75) is 25.4 Å². The lowest BCUT2D eigenvalue weighted by atomic mass is 10.2. The minimum absolute atomic E-state index is 0.199. The van der Waals surface area contributed by atoms with Gasteiger partial charge in [0.25, 0.3) is 5.92 Å². The van der Waals surface area contributed by atoms with Gasteiger partial charge in [-0.05, 0) is 12.0 Å². The zero-order valence-corrected chi connectivity index (χ0v) is 9.99. The number of methoxy groups -OCH3 is 1. The molecule has 0 atom stereocenters. The Kier molecular flexibility index (Phi) is 6.08. The minimum atomic E-state index is -2.77. The highest BCUT2D eigenvalue weighted by atomic mass is 19.3. The van der Waals surface area contributed by atoms with E-state index in [1.165, 1.54) is 7.11 Å². The van der Waals surface area contributed by atoms with Crippen molar-refractivity contribution >= 4 is 0 Å². The van der Waals surface area contributed by atoms with Crippen LogP contribution in [0.3, 0.4) is 0 Å². The van der Waals surface area contributed by atoms with Crippen LogP contribution in [0.25, 0.3) is 0 Å². The maximum absolute atomic E-state index is 13.3. The van der Waals surface area contributed by atoms with Gasteiger partial charge < -0.3 is 9.47 Å². The summed E-state index contributed by atoms with van der Waals surface area (Å²) in [7, 11) is 1.50. The quantitative estimate of drug-likeness (QED) is 0.653. The third-order valence-corrected chi connectivity index (χ3v) is 2.32. The highest BCUT2D eigenvalue weighted by molar-refractivity contribution is 5.13. The molecule has 0 saturated heterocycles. The average molecular weight is 244 g/mol. The highest BCUT2D eigenvalue weighted by Crippen LogP contribution is 2.21. The maximum Gasteiger partial charge on any atom is 0.271 e. The first-order valence-corrected chi connectivity index (χ1v) is 5.62. The van der Waals surface area contributed by atoms with E-state index in [2.05, 4.69) is 0 Å². The fourth-order valence-corrected chi connectivity index (χ4v) is 1.44. The molecule has 0 aromatic heterocycles. The van der Waals surface area contributed by atoms with E-state index in [0.29, 0.717) is 13.0 Å². The van der Waals surface area contributed by atoms with Gasteiger partial charge in [0.2, 0.25) is 0 Å². The molecule has 96 valence electrons. The Hall–Kier alpha value is -1.00. The topological polar surface area (TPSA) is 18.5 Å². The zero-order chi connectivity index (χ0) is 12.6. The summed E-state index contributed by atoms with van der Waals surface area (Å²) in [5, 5.41) is 0. The number of benzene rings is 1. The number of alkyl halides is 2. The minimum Gasteiger partial charge on any atom is -0.385 e. The largest absolute Gasteiger partial charge is 0.385 e. The van der Waals surface area contributed by atoms with Crippen molar-refractivity contribution in [1.82, 2.24) is 0 Å². The van der Waals surface area contributed by atoms with Crippen molar-refractivity contribution in [3.63, 3.8) is 0 Å². The standard InChI is InChI=1S/C13H18F2O2/c1-16-9-5-8-13(14,15)11-17-10-12-6-3-2-4-7-12/h2-4,6-7H,5,8-11H2,1H3. The van der Waals surface area contributed by atoms with Crippen LogP contribution in [0.2, 0.25) is 0 Å². The van der Waals surface area contributed by atoms with Crippen LogP contribution in [0.15, 0.2) is 30.3 Å². The molecule has 0 saturated carbocycles. The predicted molar refractivity (Wildman–Crippen MR) is 62.2 cm³/mol. The number of halogens is 2. The molecule has 0 aliphatic carbocycles. The van der Waals surface area contributed by atoms with Gasteiger partial charge in [-0.25, -0.2) is 8.78 Å². The van der Waals surface area contributed by atoms with Gasteiger partial charge in [-0.2, -0.15) is 0 Å². The average Bonchev–Trinajstić information content (AvgIpc) is 2.30. The lowest BCUT2D eigenvalue weighted by Crippen LogP contribution is -2.24. The lowest BCUT2D eigenvalue weighted by molar-refractivity contribution is -0.0896. The number of ether oxygens (including phenoxy) is 2. The number of hydrogen-bond acceptors (Lipinski definition) is 2. The molecule has 1 rings (SSSR count). The van der Waals surface area contributed by atoms with Crippen LogP contribution < -0.4 is 0 Å². The zero-order valence-electron chi connectivity index (χ0n) is 9.99. The second-order valence-corrected chi connectivity index (χ2v) is 3.93. The van der Waals surface area contributed by atoms with Crippen molar-refractivity contribution in [3.8, 4) is 0 Å². The summed E-state index contributed by atoms with van der Waals surface area (Å²) >= 11 is 0. The summed E-state index contributed by atoms with van der Waals surface area (Å²) < 4.78 is 36.3. The van der Waals surface area contributed by atoms with Crippen molar-refractivity contribution in [2.24, 2.45) is 0 Å². The third kappa shape index (κ3) is 6.34. The van der Waals surface area contributed by atoms with E-state index >= 15 is 0 Å². The molecule has 1 aromatic rings. The van der Waals surface area contributed by atoms with Crippen LogP contribution in [0, 0.1) is 0 Å². The summed E-state index contributed by atoms with van der Waals surface area (Å²) in [4.78, 5) is 0. The molecule has 2 nitrogen and oxygen atoms in total. The molecule has 17 heavy (non-hydrogen) atoms. The van der Waals surface area contributed by atoms with Gasteiger partial charge in [-0.3, -0.25) is 0 Å². The molecule has 4 heteroatoms. The van der Waals surface area contributed by atoms with Crippen LogP contribution in [0.4, 0.5) is 8.78 Å². The van der Waals surface area contributed by atoms with Gasteiger partial charge in [-0.1, -0.05) is 30.3 Å². The van der Waals surface area contributed by atoms with Gasteiger partial charge in [0.05, 0.1) is 6.61 Å². The molecule has 0 heterocycles. The first-order valence-electron chi connectivity index (χ1n) is 5.62. The number of hydrogen-bond donors (Lipinski definition) is 0. The van der Waals surface area contributed by atoms with E-state index in [4.69, 9.17) is 9.47 Å². The van der Waals surface area contributed by atoms with Crippen LogP contribution in [0.1, 0.15) is 18.4 Å². The van der Waals surface area contributed by atoms with Gasteiger partial charge in [-0.15, -0.1) is 0 Å². The lowest BCUT2D eigenvalue weighted by Gasteiger charge is -2.16. The van der Waals surface area contributed by atoms with Crippen LogP contribution in [-0.2, 0) is 16.1 Å². The van der Waals surface area contributed by atoms with Crippen LogP contribution in [0.5, 0.6) is 0 Å². The molecule has 0 bridgehead atoms. The Bertz CT molecular complexity index is 302. The van der Waals surface area contributed by atoms with Crippen molar-refractivity contribution < 1.29 is 18.3 Å². The maximum atomic E-state index is 13.3. The summed E-state index contributed by atoms with van der Waals surface area (Å²) in [6, 6.07) is 9.29. The van der Waals surface area contributed by atoms with E-state index in [9.17, 15) is 8.78 Å². The summed E-state index contributed by atoms with van der Waals surface area (Å²) in [6.07, 6.45) is 0.147. The molecule has 0 radical (unpaired) electrons. The second-order valence-electron chi connectivity index (χ2n) is 3.93. The van der Waals surface area contributed by atoms with Crippen molar-refractivity contribution in [3.05, 3.63) is 35.9 Å². The van der Waals surface area contributed by atoms with Gasteiger partial charge >= 0.3 is 0 Å². The molecule has 0 fully saturated rings. The molecule has 0 spiro atoms. The SMILES string of the molecule is COCCCC(F)(F)COCc1ccccc1. The fraction of sp³-hybridized carbons (Fsp3) is 0.538. The Morgan fingerprint density at radius 3 is 2.53 bits per heavy atom. The van der Waals surface area contributed by atoms with Crippen LogP contribution >= 0.6 is 0 Å². The fourth-order valence-electron chi connectivity index (χ4n) is 1.44. The van der Waals surface area contributed by atoms with Crippen molar-refractivity contribution in [1.29, 1.82) is 0 Å². The van der Waals surface area contributed by atoms with E-state index < -0.39 is 12.5 Å². The summed E-state index contributed by atoms with van der Waals surface area (Å²) in [5.41, 5.74) is 0.903. The molecule has 0 N–H and O–H groups in total. The van der Waals surface area contributed by atoms with Gasteiger partial charge in [0.1, 0.15) is 6.61 Å². The molecular formula is C13H18F2O2. The molecular weight excluding hydrogens is 226 g/mol. The molecule has 0 aliphatic heterocycles. The van der Waals surface area contributed by atoms with Gasteiger partial charge in [0.15, 0.2) is 0 Å². The Morgan fingerprint density at radius 1 is 1.18 bits per heavy atom. The highest BCUT2D eigenvalue weighted by Gasteiger charge is 2.28. The smallest absolute Gasteiger partial charge is 0.271 e. The predicted octanol–water partition coefficient (Wildman–Crippen LogP) is 3.27. The first kappa shape index (κ1) is 14.1. The normalized spacial score (nSPS) is 11.7. The second kappa shape index (κ2) is 7.35. The Balaban J connectivity index is 2.20. The van der Waals surface area contributed by atoms with E-state index in [1.54, 1.807) is 0 Å². The van der Waals surface area contributed by atoms with Crippen LogP contribution in [-0.4, -0.2) is 26.2 Å². The van der Waals surface area contributed by atoms with Crippen molar-refractivity contribution in [2.75, 3.05) is 20.3 Å². The van der Waals surface area contributed by atoms with E-state index in [0.717, 1.165) is 5.56 Å². The molecule has 0 aliphatic rings. The summed E-state index contributed by atoms with van der Waals surface area (Å²) in [6.45, 7) is 0.0423. The Labute approximate surface area is 101 Å².